The third kappa shape index (κ3) is 5.59. The van der Waals surface area contributed by atoms with E-state index in [1.165, 1.54) is 24.3 Å². The second-order valence-electron chi connectivity index (χ2n) is 9.82. The maximum absolute atomic E-state index is 14.5. The number of rotatable bonds is 6. The maximum Gasteiger partial charge on any atom is 0.226 e. The van der Waals surface area contributed by atoms with E-state index in [9.17, 15) is 18.4 Å². The minimum absolute atomic E-state index is 0.0909. The van der Waals surface area contributed by atoms with E-state index in [0.29, 0.717) is 31.7 Å². The summed E-state index contributed by atoms with van der Waals surface area (Å²) in [6.45, 7) is 13.5. The van der Waals surface area contributed by atoms with Gasteiger partial charge in [-0.25, -0.2) is 13.6 Å². The molecule has 0 spiro atoms. The lowest BCUT2D eigenvalue weighted by Crippen LogP contribution is -2.54. The van der Waals surface area contributed by atoms with Crippen LogP contribution in [0.4, 0.5) is 14.5 Å². The van der Waals surface area contributed by atoms with Crippen molar-refractivity contribution in [2.75, 3.05) is 19.6 Å². The molecule has 2 aromatic carbocycles. The summed E-state index contributed by atoms with van der Waals surface area (Å²) in [4.78, 5) is 33.0. The zero-order valence-corrected chi connectivity index (χ0v) is 20.3. The first kappa shape index (κ1) is 25.0. The molecule has 2 aromatic rings. The highest BCUT2D eigenvalue weighted by Crippen LogP contribution is 2.29. The Bertz CT molecular complexity index is 1170. The summed E-state index contributed by atoms with van der Waals surface area (Å²) in [6, 6.07) is 6.69. The van der Waals surface area contributed by atoms with Gasteiger partial charge in [-0.15, -0.1) is 0 Å². The molecule has 35 heavy (non-hydrogen) atoms. The number of piperazine rings is 1. The van der Waals surface area contributed by atoms with Gasteiger partial charge in [-0.3, -0.25) is 14.5 Å². The molecule has 184 valence electrons. The van der Waals surface area contributed by atoms with Gasteiger partial charge in [0, 0.05) is 44.6 Å². The molecule has 0 bridgehead atoms. The smallest absolute Gasteiger partial charge is 0.226 e. The summed E-state index contributed by atoms with van der Waals surface area (Å²) in [5.74, 6) is -1.19. The molecule has 1 aliphatic heterocycles. The largest absolute Gasteiger partial charge is 0.337 e. The van der Waals surface area contributed by atoms with Gasteiger partial charge < -0.3 is 4.90 Å². The van der Waals surface area contributed by atoms with Crippen LogP contribution < -0.4 is 0 Å². The van der Waals surface area contributed by atoms with E-state index in [2.05, 4.69) is 16.7 Å². The molecule has 4 rings (SSSR count). The first-order valence-corrected chi connectivity index (χ1v) is 12.3. The summed E-state index contributed by atoms with van der Waals surface area (Å²) < 4.78 is 28.8. The zero-order chi connectivity index (χ0) is 25.1. The van der Waals surface area contributed by atoms with Crippen molar-refractivity contribution in [2.45, 2.75) is 58.5 Å². The molecule has 2 aliphatic rings. The third-order valence-electron chi connectivity index (χ3n) is 7.41. The monoisotopic (exact) mass is 479 g/mol. The molecule has 1 saturated carbocycles. The Morgan fingerprint density at radius 3 is 2.46 bits per heavy atom. The summed E-state index contributed by atoms with van der Waals surface area (Å²) in [7, 11) is 0. The molecule has 0 radical (unpaired) electrons. The second kappa shape index (κ2) is 10.7. The fourth-order valence-electron chi connectivity index (χ4n) is 5.37. The first-order chi connectivity index (χ1) is 16.8. The molecule has 0 aromatic heterocycles. The molecule has 1 amide bonds. The quantitative estimate of drug-likeness (QED) is 0.408. The van der Waals surface area contributed by atoms with E-state index in [4.69, 9.17) is 6.57 Å². The van der Waals surface area contributed by atoms with Crippen LogP contribution in [-0.2, 0) is 17.8 Å². The Hall–Kier alpha value is -3.11. The van der Waals surface area contributed by atoms with Crippen LogP contribution in [0.1, 0.15) is 59.7 Å². The van der Waals surface area contributed by atoms with E-state index >= 15 is 0 Å². The van der Waals surface area contributed by atoms with Gasteiger partial charge in [0.15, 0.2) is 11.5 Å². The molecule has 1 saturated heterocycles. The number of Topliss-reactive ketones (excluding diaryl/α,β-unsaturated/α-hetero) is 1. The maximum atomic E-state index is 14.5. The van der Waals surface area contributed by atoms with E-state index in [-0.39, 0.29) is 35.5 Å². The van der Waals surface area contributed by atoms with Crippen molar-refractivity contribution in [1.29, 1.82) is 0 Å². The van der Waals surface area contributed by atoms with Gasteiger partial charge in [-0.05, 0) is 61.6 Å². The van der Waals surface area contributed by atoms with Gasteiger partial charge in [0.2, 0.25) is 5.91 Å². The van der Waals surface area contributed by atoms with Crippen LogP contribution in [0.3, 0.4) is 0 Å². The number of amides is 1. The van der Waals surface area contributed by atoms with E-state index in [1.807, 2.05) is 11.8 Å². The van der Waals surface area contributed by atoms with Crippen LogP contribution in [0.5, 0.6) is 0 Å². The number of hydrogen-bond acceptors (Lipinski definition) is 3. The highest BCUT2D eigenvalue weighted by Gasteiger charge is 2.33. The third-order valence-corrected chi connectivity index (χ3v) is 7.41. The molecule has 5 nitrogen and oxygen atoms in total. The lowest BCUT2D eigenvalue weighted by atomic mass is 9.95. The van der Waals surface area contributed by atoms with Crippen LogP contribution in [0.2, 0.25) is 0 Å². The molecule has 0 unspecified atom stereocenters. The highest BCUT2D eigenvalue weighted by molar-refractivity contribution is 5.98. The van der Waals surface area contributed by atoms with E-state index in [1.54, 1.807) is 0 Å². The lowest BCUT2D eigenvalue weighted by Gasteiger charge is -2.41. The van der Waals surface area contributed by atoms with Gasteiger partial charge in [-0.1, -0.05) is 25.0 Å². The lowest BCUT2D eigenvalue weighted by molar-refractivity contribution is -0.140. The molecule has 1 aliphatic carbocycles. The predicted molar refractivity (Wildman–Crippen MR) is 130 cm³/mol. The normalized spacial score (nSPS) is 19.1. The summed E-state index contributed by atoms with van der Waals surface area (Å²) in [6.07, 6.45) is 4.12. The summed E-state index contributed by atoms with van der Waals surface area (Å²) >= 11 is 0. The Labute approximate surface area is 205 Å². The van der Waals surface area contributed by atoms with Crippen molar-refractivity contribution in [3.63, 3.8) is 0 Å². The molecular formula is C28H31F2N3O2. The highest BCUT2D eigenvalue weighted by atomic mass is 19.1. The first-order valence-electron chi connectivity index (χ1n) is 12.3. The van der Waals surface area contributed by atoms with Gasteiger partial charge in [0.05, 0.1) is 12.1 Å². The van der Waals surface area contributed by atoms with Crippen LogP contribution in [-0.4, -0.2) is 47.2 Å². The van der Waals surface area contributed by atoms with Crippen molar-refractivity contribution in [1.82, 2.24) is 9.80 Å². The van der Waals surface area contributed by atoms with E-state index in [0.717, 1.165) is 42.9 Å². The molecule has 1 atom stereocenters. The molecule has 0 N–H and O–H groups in total. The van der Waals surface area contributed by atoms with Crippen LogP contribution in [0, 0.1) is 31.0 Å². The Balaban J connectivity index is 1.44. The Morgan fingerprint density at radius 2 is 1.80 bits per heavy atom. The standard InChI is InChI=1S/C28H31F2N3O2/c1-18-16-32(10-11-33(18)28(35)20-6-4-5-7-20)17-22-13-23(29)12-21(19(22)2)14-27(34)25-9-8-24(31-3)15-26(25)30/h8-9,12-13,15,18,20H,4-7,10-11,14,16-17H2,1-2H3/t18-/m0/s1. The molecular weight excluding hydrogens is 448 g/mol. The van der Waals surface area contributed by atoms with Gasteiger partial charge in [-0.2, -0.15) is 0 Å². The average molecular weight is 480 g/mol. The fraction of sp³-hybridized carbons (Fsp3) is 0.464. The average Bonchev–Trinajstić information content (AvgIpc) is 3.36. The predicted octanol–water partition coefficient (Wildman–Crippen LogP) is 5.47. The van der Waals surface area contributed by atoms with Gasteiger partial charge >= 0.3 is 0 Å². The fourth-order valence-corrected chi connectivity index (χ4v) is 5.37. The number of hydrogen-bond donors (Lipinski definition) is 0. The SMILES string of the molecule is [C-]#[N+]c1ccc(C(=O)Cc2cc(F)cc(CN3CCN(C(=O)C4CCCC4)[C@@H](C)C3)c2C)c(F)c1. The number of ketones is 1. The number of carbonyl (C=O) groups is 2. The van der Waals surface area contributed by atoms with E-state index < -0.39 is 17.4 Å². The number of carbonyl (C=O) groups excluding carboxylic acids is 2. The minimum Gasteiger partial charge on any atom is -0.337 e. The summed E-state index contributed by atoms with van der Waals surface area (Å²) in [5.41, 5.74) is 2.17. The molecule has 2 fully saturated rings. The van der Waals surface area contributed by atoms with Crippen molar-refractivity contribution in [3.8, 4) is 0 Å². The van der Waals surface area contributed by atoms with Crippen molar-refractivity contribution in [2.24, 2.45) is 5.92 Å². The molecule has 7 heteroatoms. The summed E-state index contributed by atoms with van der Waals surface area (Å²) in [5, 5.41) is 0. The number of nitrogens with zero attached hydrogens (tertiary/aromatic N) is 3. The van der Waals surface area contributed by atoms with Crippen molar-refractivity contribution in [3.05, 3.63) is 75.6 Å². The Morgan fingerprint density at radius 1 is 1.09 bits per heavy atom. The minimum atomic E-state index is -0.739. The van der Waals surface area contributed by atoms with Gasteiger partial charge in [0.25, 0.3) is 0 Å². The topological polar surface area (TPSA) is 45.0 Å². The zero-order valence-electron chi connectivity index (χ0n) is 20.3. The number of benzene rings is 2. The van der Waals surface area contributed by atoms with Crippen molar-refractivity contribution < 1.29 is 18.4 Å². The Kier molecular flexibility index (Phi) is 7.61. The number of halogens is 2. The van der Waals surface area contributed by atoms with Crippen LogP contribution >= 0.6 is 0 Å². The second-order valence-corrected chi connectivity index (χ2v) is 9.82. The van der Waals surface area contributed by atoms with Gasteiger partial charge in [0.1, 0.15) is 11.6 Å². The van der Waals surface area contributed by atoms with Crippen LogP contribution in [0.15, 0.2) is 30.3 Å². The molecule has 1 heterocycles. The van der Waals surface area contributed by atoms with Crippen molar-refractivity contribution >= 4 is 17.4 Å². The van der Waals surface area contributed by atoms with Crippen LogP contribution in [0.25, 0.3) is 4.85 Å².